The van der Waals surface area contributed by atoms with E-state index in [0.29, 0.717) is 12.2 Å². The number of aromatic nitrogens is 4. The van der Waals surface area contributed by atoms with Gasteiger partial charge in [0.1, 0.15) is 11.8 Å². The van der Waals surface area contributed by atoms with E-state index in [1.54, 1.807) is 12.7 Å². The van der Waals surface area contributed by atoms with E-state index in [1.807, 2.05) is 0 Å². The molecule has 0 saturated heterocycles. The van der Waals surface area contributed by atoms with Gasteiger partial charge in [-0.15, -0.1) is 0 Å². The monoisotopic (exact) mass is 389 g/mol. The van der Waals surface area contributed by atoms with Crippen LogP contribution in [0.1, 0.15) is 11.1 Å². The molecule has 0 amide bonds. The summed E-state index contributed by atoms with van der Waals surface area (Å²) >= 11 is 0. The van der Waals surface area contributed by atoms with Crippen molar-refractivity contribution < 1.29 is 0 Å². The highest BCUT2D eigenvalue weighted by molar-refractivity contribution is 6.16. The largest absolute Gasteiger partial charge is 0.364 e. The lowest BCUT2D eigenvalue weighted by Gasteiger charge is -2.17. The lowest BCUT2D eigenvalue weighted by atomic mass is 9.89. The van der Waals surface area contributed by atoms with Crippen LogP contribution < -0.4 is 5.32 Å². The van der Waals surface area contributed by atoms with E-state index in [9.17, 15) is 0 Å². The molecule has 4 aromatic carbocycles. The minimum atomic E-state index is 0.654. The Morgan fingerprint density at radius 1 is 0.800 bits per heavy atom. The summed E-state index contributed by atoms with van der Waals surface area (Å²) in [5.41, 5.74) is 4.07. The third kappa shape index (κ3) is 2.45. The van der Waals surface area contributed by atoms with Crippen molar-refractivity contribution in [2.24, 2.45) is 0 Å². The number of nitrogens with zero attached hydrogens (tertiary/aromatic N) is 3. The van der Waals surface area contributed by atoms with E-state index in [0.717, 1.165) is 11.3 Å². The first-order valence-electron chi connectivity index (χ1n) is 10.0. The molecule has 5 heteroatoms. The minimum absolute atomic E-state index is 0.654. The quantitative estimate of drug-likeness (QED) is 0.299. The van der Waals surface area contributed by atoms with Gasteiger partial charge in [0.2, 0.25) is 0 Å². The van der Waals surface area contributed by atoms with Crippen LogP contribution in [0, 0.1) is 6.92 Å². The SMILES string of the molecule is Cc1c2ccccc2c(CNc2ncnc3nc[nH]c23)c2ccc3ccccc3c12. The zero-order chi connectivity index (χ0) is 20.1. The summed E-state index contributed by atoms with van der Waals surface area (Å²) in [7, 11) is 0. The Bertz CT molecular complexity index is 1560. The lowest BCUT2D eigenvalue weighted by Crippen LogP contribution is -2.05. The summed E-state index contributed by atoms with van der Waals surface area (Å²) in [5, 5.41) is 11.2. The van der Waals surface area contributed by atoms with Gasteiger partial charge in [-0.1, -0.05) is 60.7 Å². The Labute approximate surface area is 172 Å². The highest BCUT2D eigenvalue weighted by Crippen LogP contribution is 2.37. The van der Waals surface area contributed by atoms with Gasteiger partial charge in [0.15, 0.2) is 11.5 Å². The number of hydrogen-bond acceptors (Lipinski definition) is 4. The van der Waals surface area contributed by atoms with Gasteiger partial charge >= 0.3 is 0 Å². The number of hydrogen-bond donors (Lipinski definition) is 2. The molecule has 0 spiro atoms. The number of aromatic amines is 1. The van der Waals surface area contributed by atoms with E-state index in [4.69, 9.17) is 0 Å². The van der Waals surface area contributed by atoms with Crippen molar-refractivity contribution in [2.75, 3.05) is 5.32 Å². The highest BCUT2D eigenvalue weighted by atomic mass is 15.1. The number of nitrogens with one attached hydrogen (secondary N) is 2. The number of rotatable bonds is 3. The Balaban J connectivity index is 1.60. The maximum atomic E-state index is 4.43. The molecule has 6 rings (SSSR count). The molecule has 0 fully saturated rings. The Morgan fingerprint density at radius 2 is 1.60 bits per heavy atom. The van der Waals surface area contributed by atoms with Gasteiger partial charge < -0.3 is 10.3 Å². The molecular formula is C25H19N5. The topological polar surface area (TPSA) is 66.5 Å². The second-order valence-corrected chi connectivity index (χ2v) is 7.54. The minimum Gasteiger partial charge on any atom is -0.364 e. The van der Waals surface area contributed by atoms with Crippen molar-refractivity contribution in [3.63, 3.8) is 0 Å². The van der Waals surface area contributed by atoms with Crippen LogP contribution in [0.2, 0.25) is 0 Å². The van der Waals surface area contributed by atoms with Gasteiger partial charge in [0.25, 0.3) is 0 Å². The molecule has 2 N–H and O–H groups in total. The summed E-state index contributed by atoms with van der Waals surface area (Å²) in [5.74, 6) is 0.760. The molecule has 0 radical (unpaired) electrons. The van der Waals surface area contributed by atoms with E-state index < -0.39 is 0 Å². The number of fused-ring (bicyclic) bond motifs is 5. The second kappa shape index (κ2) is 6.52. The molecular weight excluding hydrogens is 370 g/mol. The molecule has 144 valence electrons. The molecule has 0 saturated carbocycles. The Kier molecular flexibility index (Phi) is 3.68. The molecule has 30 heavy (non-hydrogen) atoms. The van der Waals surface area contributed by atoms with E-state index in [-0.39, 0.29) is 0 Å². The summed E-state index contributed by atoms with van der Waals surface area (Å²) in [6, 6.07) is 21.7. The standard InChI is InChI=1S/C25H19N5/c1-15-17-7-4-5-9-19(17)21(12-26-24-23-25(28-13-27-23)30-14-29-24)20-11-10-16-6-2-3-8-18(16)22(15)20/h2-11,13-14H,12H2,1H3,(H2,26,27,28,29,30). The molecule has 2 aromatic heterocycles. The Hall–Kier alpha value is -3.99. The highest BCUT2D eigenvalue weighted by Gasteiger charge is 2.14. The average molecular weight is 389 g/mol. The fraction of sp³-hybridized carbons (Fsp3) is 0.0800. The van der Waals surface area contributed by atoms with Crippen LogP contribution in [0.15, 0.2) is 73.3 Å². The summed E-state index contributed by atoms with van der Waals surface area (Å²) in [4.78, 5) is 16.0. The van der Waals surface area contributed by atoms with Crippen molar-refractivity contribution >= 4 is 49.3 Å². The molecule has 0 aliphatic heterocycles. The summed E-state index contributed by atoms with van der Waals surface area (Å²) in [6.45, 7) is 2.88. The smallest absolute Gasteiger partial charge is 0.182 e. The van der Waals surface area contributed by atoms with Crippen LogP contribution in [-0.2, 0) is 6.54 Å². The van der Waals surface area contributed by atoms with Crippen LogP contribution in [-0.4, -0.2) is 19.9 Å². The Morgan fingerprint density at radius 3 is 2.50 bits per heavy atom. The molecule has 0 atom stereocenters. The van der Waals surface area contributed by atoms with Crippen LogP contribution in [0.5, 0.6) is 0 Å². The number of imidazole rings is 1. The first-order valence-corrected chi connectivity index (χ1v) is 10.0. The van der Waals surface area contributed by atoms with Crippen LogP contribution in [0.25, 0.3) is 43.5 Å². The summed E-state index contributed by atoms with van der Waals surface area (Å²) in [6.07, 6.45) is 3.19. The van der Waals surface area contributed by atoms with Crippen molar-refractivity contribution in [3.8, 4) is 0 Å². The third-order valence-corrected chi connectivity index (χ3v) is 5.94. The second-order valence-electron chi connectivity index (χ2n) is 7.54. The van der Waals surface area contributed by atoms with E-state index >= 15 is 0 Å². The van der Waals surface area contributed by atoms with Crippen LogP contribution in [0.3, 0.4) is 0 Å². The molecule has 0 bridgehead atoms. The van der Waals surface area contributed by atoms with Crippen molar-refractivity contribution in [1.29, 1.82) is 0 Å². The predicted octanol–water partition coefficient (Wildman–Crippen LogP) is 5.73. The number of anilines is 1. The molecule has 0 aliphatic rings. The van der Waals surface area contributed by atoms with Gasteiger partial charge in [-0.2, -0.15) is 0 Å². The van der Waals surface area contributed by atoms with Gasteiger partial charge in [-0.25, -0.2) is 15.0 Å². The lowest BCUT2D eigenvalue weighted by molar-refractivity contribution is 1.11. The predicted molar refractivity (Wildman–Crippen MR) is 123 cm³/mol. The van der Waals surface area contributed by atoms with E-state index in [1.165, 1.54) is 43.4 Å². The first kappa shape index (κ1) is 16.9. The van der Waals surface area contributed by atoms with Crippen LogP contribution >= 0.6 is 0 Å². The summed E-state index contributed by atoms with van der Waals surface area (Å²) < 4.78 is 0. The maximum Gasteiger partial charge on any atom is 0.182 e. The maximum absolute atomic E-state index is 4.43. The zero-order valence-corrected chi connectivity index (χ0v) is 16.5. The van der Waals surface area contributed by atoms with Gasteiger partial charge in [0, 0.05) is 6.54 Å². The zero-order valence-electron chi connectivity index (χ0n) is 16.5. The fourth-order valence-corrected chi connectivity index (χ4v) is 4.54. The van der Waals surface area contributed by atoms with Crippen molar-refractivity contribution in [2.45, 2.75) is 13.5 Å². The third-order valence-electron chi connectivity index (χ3n) is 5.94. The molecule has 5 nitrogen and oxygen atoms in total. The van der Waals surface area contributed by atoms with Gasteiger partial charge in [0.05, 0.1) is 6.33 Å². The molecule has 0 unspecified atom stereocenters. The number of aryl methyl sites for hydroxylation is 1. The first-order chi connectivity index (χ1) is 14.8. The van der Waals surface area contributed by atoms with Gasteiger partial charge in [-0.3, -0.25) is 0 Å². The molecule has 6 aromatic rings. The number of benzene rings is 4. The van der Waals surface area contributed by atoms with Crippen molar-refractivity contribution in [1.82, 2.24) is 19.9 Å². The van der Waals surface area contributed by atoms with Gasteiger partial charge in [-0.05, 0) is 50.4 Å². The fourth-order valence-electron chi connectivity index (χ4n) is 4.54. The average Bonchev–Trinajstić information content (AvgIpc) is 3.28. The van der Waals surface area contributed by atoms with Crippen LogP contribution in [0.4, 0.5) is 5.82 Å². The number of H-pyrrole nitrogens is 1. The van der Waals surface area contributed by atoms with Crippen molar-refractivity contribution in [3.05, 3.63) is 84.4 Å². The normalized spacial score (nSPS) is 11.6. The molecule has 2 heterocycles. The van der Waals surface area contributed by atoms with E-state index in [2.05, 4.69) is 92.8 Å². The molecule has 0 aliphatic carbocycles.